The molecule has 0 saturated carbocycles. The summed E-state index contributed by atoms with van der Waals surface area (Å²) in [4.78, 5) is 3.78. The van der Waals surface area contributed by atoms with Gasteiger partial charge in [-0.15, -0.1) is 3.63 Å². The van der Waals surface area contributed by atoms with E-state index in [4.69, 9.17) is 22.1 Å². The highest BCUT2D eigenvalue weighted by molar-refractivity contribution is 7.97. The molecule has 1 aromatic heterocycles. The molecule has 0 aromatic carbocycles. The Morgan fingerprint density at radius 2 is 1.32 bits per heavy atom. The molecule has 11 nitrogen and oxygen atoms in total. The average Bonchev–Trinajstić information content (AvgIpc) is 2.26. The molecule has 0 saturated heterocycles. The lowest BCUT2D eigenvalue weighted by molar-refractivity contribution is 0.378. The standard InChI is InChI=1S/C5H5N.C3H8O6S2.H2O4S/c1-2-4-6-5-3-1;1-2-3-10(4,5)9-11(6,7)8;1-5(2,3)4/h1-5H;2-3H2,1H3,(H,6,7,8);(H2,1,2,3,4). The number of pyridine rings is 1. The summed E-state index contributed by atoms with van der Waals surface area (Å²) in [5, 5.41) is 0. The van der Waals surface area contributed by atoms with E-state index in [2.05, 4.69) is 8.61 Å². The molecule has 22 heavy (non-hydrogen) atoms. The maximum absolute atomic E-state index is 10.5. The summed E-state index contributed by atoms with van der Waals surface area (Å²) in [6, 6.07) is 5.72. The molecule has 0 unspecified atom stereocenters. The summed E-state index contributed by atoms with van der Waals surface area (Å²) >= 11 is 0. The van der Waals surface area contributed by atoms with Crippen molar-refractivity contribution in [3.8, 4) is 0 Å². The van der Waals surface area contributed by atoms with Gasteiger partial charge in [0.25, 0.3) is 10.1 Å². The van der Waals surface area contributed by atoms with Gasteiger partial charge in [0.2, 0.25) is 0 Å². The summed E-state index contributed by atoms with van der Waals surface area (Å²) < 4.78 is 83.6. The van der Waals surface area contributed by atoms with Gasteiger partial charge in [-0.25, -0.2) is 0 Å². The molecule has 130 valence electrons. The predicted octanol–water partition coefficient (Wildman–Crippen LogP) is -0.0256. The number of rotatable bonds is 4. The van der Waals surface area contributed by atoms with Crippen molar-refractivity contribution in [3.05, 3.63) is 30.6 Å². The molecule has 0 spiro atoms. The minimum absolute atomic E-state index is 0.220. The van der Waals surface area contributed by atoms with Gasteiger partial charge < -0.3 is 0 Å². The summed E-state index contributed by atoms with van der Waals surface area (Å²) in [5.74, 6) is -0.438. The van der Waals surface area contributed by atoms with Crippen LogP contribution < -0.4 is 0 Å². The van der Waals surface area contributed by atoms with E-state index in [-0.39, 0.29) is 6.42 Å². The van der Waals surface area contributed by atoms with E-state index in [0.717, 1.165) is 0 Å². The molecule has 0 aliphatic rings. The Hall–Kier alpha value is -1.16. The fraction of sp³-hybridized carbons (Fsp3) is 0.375. The Kier molecular flexibility index (Phi) is 11.1. The van der Waals surface area contributed by atoms with Crippen molar-refractivity contribution < 1.29 is 42.5 Å². The Balaban J connectivity index is 0. The molecule has 0 aliphatic carbocycles. The van der Waals surface area contributed by atoms with Crippen LogP contribution in [0.25, 0.3) is 0 Å². The zero-order valence-corrected chi connectivity index (χ0v) is 13.6. The topological polar surface area (TPSA) is 185 Å². The second kappa shape index (κ2) is 10.5. The van der Waals surface area contributed by atoms with Crippen LogP contribution in [-0.4, -0.2) is 49.6 Å². The van der Waals surface area contributed by atoms with Crippen LogP contribution in [0.3, 0.4) is 0 Å². The first kappa shape index (κ1) is 23.1. The SMILES string of the molecule is CCCS(=O)(=O)OS(=O)(=O)O.O=S(=O)(O)O.c1ccncc1. The van der Waals surface area contributed by atoms with Crippen LogP contribution in [-0.2, 0) is 34.5 Å². The van der Waals surface area contributed by atoms with Crippen molar-refractivity contribution in [1.29, 1.82) is 0 Å². The first-order chi connectivity index (χ1) is 9.77. The molecule has 0 fully saturated rings. The maximum Gasteiger partial charge on any atom is 0.412 e. The quantitative estimate of drug-likeness (QED) is 0.595. The van der Waals surface area contributed by atoms with Crippen molar-refractivity contribution in [2.24, 2.45) is 0 Å². The number of hydrogen-bond donors (Lipinski definition) is 3. The second-order valence-corrected chi connectivity index (χ2v) is 7.05. The Bertz CT molecular complexity index is 661. The van der Waals surface area contributed by atoms with Crippen molar-refractivity contribution >= 4 is 30.9 Å². The molecular weight excluding hydrogens is 366 g/mol. The second-order valence-electron chi connectivity index (χ2n) is 3.23. The van der Waals surface area contributed by atoms with Gasteiger partial charge in [-0.1, -0.05) is 13.0 Å². The van der Waals surface area contributed by atoms with E-state index < -0.39 is 36.7 Å². The maximum atomic E-state index is 10.5. The van der Waals surface area contributed by atoms with E-state index in [9.17, 15) is 16.8 Å². The molecular formula is C8H15NO10S3. The largest absolute Gasteiger partial charge is 0.412 e. The van der Waals surface area contributed by atoms with Crippen LogP contribution in [0.15, 0.2) is 30.6 Å². The predicted molar refractivity (Wildman–Crippen MR) is 75.1 cm³/mol. The minimum atomic E-state index is -4.89. The number of hydrogen-bond acceptors (Lipinski definition) is 8. The third-order valence-corrected chi connectivity index (χ3v) is 3.64. The molecule has 1 rings (SSSR count). The monoisotopic (exact) mass is 381 g/mol. The van der Waals surface area contributed by atoms with E-state index in [1.807, 2.05) is 18.2 Å². The molecule has 3 N–H and O–H groups in total. The smallest absolute Gasteiger partial charge is 0.265 e. The van der Waals surface area contributed by atoms with Crippen molar-refractivity contribution in [2.75, 3.05) is 5.75 Å². The van der Waals surface area contributed by atoms with Crippen LogP contribution >= 0.6 is 0 Å². The van der Waals surface area contributed by atoms with E-state index >= 15 is 0 Å². The van der Waals surface area contributed by atoms with Crippen molar-refractivity contribution in [3.63, 3.8) is 0 Å². The van der Waals surface area contributed by atoms with Gasteiger partial charge in [0, 0.05) is 12.4 Å². The van der Waals surface area contributed by atoms with Crippen LogP contribution in [0.1, 0.15) is 13.3 Å². The summed E-state index contributed by atoms with van der Waals surface area (Å²) in [5.41, 5.74) is 0. The highest BCUT2D eigenvalue weighted by atomic mass is 32.3. The van der Waals surface area contributed by atoms with Crippen LogP contribution in [0, 0.1) is 0 Å². The van der Waals surface area contributed by atoms with Crippen molar-refractivity contribution in [1.82, 2.24) is 4.98 Å². The normalized spacial score (nSPS) is 11.5. The lowest BCUT2D eigenvalue weighted by Crippen LogP contribution is -2.15. The number of aromatic nitrogens is 1. The molecule has 0 amide bonds. The average molecular weight is 381 g/mol. The molecule has 0 atom stereocenters. The van der Waals surface area contributed by atoms with E-state index in [1.54, 1.807) is 12.4 Å². The Morgan fingerprint density at radius 1 is 0.909 bits per heavy atom. The molecule has 1 heterocycles. The molecule has 0 bridgehead atoms. The summed E-state index contributed by atoms with van der Waals surface area (Å²) in [6.07, 6.45) is 3.72. The van der Waals surface area contributed by atoms with Crippen LogP contribution in [0.2, 0.25) is 0 Å². The zero-order valence-electron chi connectivity index (χ0n) is 11.2. The molecule has 1 aromatic rings. The molecule has 0 aliphatic heterocycles. The fourth-order valence-electron chi connectivity index (χ4n) is 0.728. The van der Waals surface area contributed by atoms with E-state index in [1.165, 1.54) is 6.92 Å². The van der Waals surface area contributed by atoms with Gasteiger partial charge in [0.1, 0.15) is 0 Å². The lowest BCUT2D eigenvalue weighted by atomic mass is 10.5. The first-order valence-corrected chi connectivity index (χ1v) is 9.57. The minimum Gasteiger partial charge on any atom is -0.265 e. The van der Waals surface area contributed by atoms with E-state index in [0.29, 0.717) is 0 Å². The van der Waals surface area contributed by atoms with Gasteiger partial charge >= 0.3 is 20.8 Å². The van der Waals surface area contributed by atoms with Gasteiger partial charge in [0.15, 0.2) is 0 Å². The van der Waals surface area contributed by atoms with Gasteiger partial charge in [0.05, 0.1) is 5.75 Å². The summed E-state index contributed by atoms with van der Waals surface area (Å²) in [7, 11) is -13.7. The summed E-state index contributed by atoms with van der Waals surface area (Å²) in [6.45, 7) is 1.53. The van der Waals surface area contributed by atoms with Crippen molar-refractivity contribution in [2.45, 2.75) is 13.3 Å². The zero-order chi connectivity index (χ0) is 17.9. The molecule has 14 heteroatoms. The Labute approximate surface area is 128 Å². The van der Waals surface area contributed by atoms with Gasteiger partial charge in [-0.2, -0.15) is 25.3 Å². The van der Waals surface area contributed by atoms with Gasteiger partial charge in [-0.3, -0.25) is 18.6 Å². The van der Waals surface area contributed by atoms with Crippen LogP contribution in [0.5, 0.6) is 0 Å². The molecule has 0 radical (unpaired) electrons. The Morgan fingerprint density at radius 3 is 1.50 bits per heavy atom. The van der Waals surface area contributed by atoms with Gasteiger partial charge in [-0.05, 0) is 18.6 Å². The highest BCUT2D eigenvalue weighted by Gasteiger charge is 2.18. The highest BCUT2D eigenvalue weighted by Crippen LogP contribution is 1.99. The fourth-order valence-corrected chi connectivity index (χ4v) is 2.55. The van der Waals surface area contributed by atoms with Crippen LogP contribution in [0.4, 0.5) is 0 Å². The third-order valence-electron chi connectivity index (χ3n) is 1.21. The first-order valence-electron chi connectivity index (χ1n) is 5.23. The number of nitrogens with zero attached hydrogens (tertiary/aromatic N) is 1. The third kappa shape index (κ3) is 27.2. The lowest BCUT2D eigenvalue weighted by Gasteiger charge is -1.97.